The van der Waals surface area contributed by atoms with E-state index in [0.717, 1.165) is 4.88 Å². The standard InChI is InChI=1S/C13H15ClN2O3S2/c1-8-13(6-10(7-15)20-8)21(17,18)16-12-5-9(19-2)3-4-11(12)14/h3-6,16H,7,15H2,1-2H3. The molecule has 114 valence electrons. The SMILES string of the molecule is COc1ccc(Cl)c(NS(=O)(=O)c2cc(CN)sc2C)c1. The molecule has 5 nitrogen and oxygen atoms in total. The monoisotopic (exact) mass is 346 g/mol. The Bertz CT molecular complexity index is 757. The number of ether oxygens (including phenoxy) is 1. The average molecular weight is 347 g/mol. The number of thiophene rings is 1. The Labute approximate surface area is 132 Å². The van der Waals surface area contributed by atoms with Crippen LogP contribution in [0.15, 0.2) is 29.2 Å². The van der Waals surface area contributed by atoms with E-state index in [1.165, 1.54) is 24.5 Å². The Hall–Kier alpha value is -1.28. The molecule has 1 aromatic carbocycles. The Morgan fingerprint density at radius 1 is 1.38 bits per heavy atom. The van der Waals surface area contributed by atoms with Crippen LogP contribution in [-0.4, -0.2) is 15.5 Å². The molecule has 0 unspecified atom stereocenters. The summed E-state index contributed by atoms with van der Waals surface area (Å²) in [5.74, 6) is 0.516. The zero-order chi connectivity index (χ0) is 15.6. The van der Waals surface area contributed by atoms with Gasteiger partial charge < -0.3 is 10.5 Å². The van der Waals surface area contributed by atoms with Crippen LogP contribution in [-0.2, 0) is 16.6 Å². The molecule has 0 fully saturated rings. The molecule has 21 heavy (non-hydrogen) atoms. The minimum atomic E-state index is -3.72. The van der Waals surface area contributed by atoms with Gasteiger partial charge in [-0.25, -0.2) is 8.42 Å². The van der Waals surface area contributed by atoms with E-state index in [4.69, 9.17) is 22.1 Å². The van der Waals surface area contributed by atoms with Crippen molar-refractivity contribution in [3.63, 3.8) is 0 Å². The van der Waals surface area contributed by atoms with E-state index < -0.39 is 10.0 Å². The summed E-state index contributed by atoms with van der Waals surface area (Å²) in [5, 5.41) is 0.298. The molecule has 0 aliphatic heterocycles. The Balaban J connectivity index is 2.39. The highest BCUT2D eigenvalue weighted by Gasteiger charge is 2.21. The number of aryl methyl sites for hydroxylation is 1. The van der Waals surface area contributed by atoms with Crippen molar-refractivity contribution in [3.8, 4) is 5.75 Å². The van der Waals surface area contributed by atoms with Crippen molar-refractivity contribution in [3.05, 3.63) is 39.0 Å². The van der Waals surface area contributed by atoms with Crippen LogP contribution in [0, 0.1) is 6.92 Å². The molecule has 0 radical (unpaired) electrons. The molecule has 2 aromatic rings. The number of nitrogens with one attached hydrogen (secondary N) is 1. The number of sulfonamides is 1. The summed E-state index contributed by atoms with van der Waals surface area (Å²) >= 11 is 7.38. The Kier molecular flexibility index (Phi) is 4.77. The summed E-state index contributed by atoms with van der Waals surface area (Å²) in [6, 6.07) is 6.34. The smallest absolute Gasteiger partial charge is 0.263 e. The molecular weight excluding hydrogens is 332 g/mol. The molecule has 0 atom stereocenters. The third-order valence-corrected chi connectivity index (χ3v) is 5.86. The molecule has 3 N–H and O–H groups in total. The van der Waals surface area contributed by atoms with Crippen molar-refractivity contribution < 1.29 is 13.2 Å². The van der Waals surface area contributed by atoms with Crippen LogP contribution < -0.4 is 15.2 Å². The molecule has 1 aromatic heterocycles. The number of anilines is 1. The zero-order valence-electron chi connectivity index (χ0n) is 11.5. The summed E-state index contributed by atoms with van der Waals surface area (Å²) in [7, 11) is -2.22. The summed E-state index contributed by atoms with van der Waals surface area (Å²) < 4.78 is 32.5. The summed E-state index contributed by atoms with van der Waals surface area (Å²) in [5.41, 5.74) is 5.82. The second kappa shape index (κ2) is 6.23. The summed E-state index contributed by atoms with van der Waals surface area (Å²) in [4.78, 5) is 1.71. The second-order valence-electron chi connectivity index (χ2n) is 4.29. The molecular formula is C13H15ClN2O3S2. The van der Waals surface area contributed by atoms with Crippen LogP contribution >= 0.6 is 22.9 Å². The number of hydrogen-bond acceptors (Lipinski definition) is 5. The molecule has 2 rings (SSSR count). The molecule has 0 spiro atoms. The van der Waals surface area contributed by atoms with Crippen molar-refractivity contribution in [1.82, 2.24) is 0 Å². The van der Waals surface area contributed by atoms with Crippen LogP contribution in [0.4, 0.5) is 5.69 Å². The minimum absolute atomic E-state index is 0.215. The Morgan fingerprint density at radius 3 is 2.67 bits per heavy atom. The van der Waals surface area contributed by atoms with Gasteiger partial charge in [0.1, 0.15) is 10.6 Å². The molecule has 0 aliphatic carbocycles. The third-order valence-electron chi connectivity index (χ3n) is 2.83. The lowest BCUT2D eigenvalue weighted by Crippen LogP contribution is -2.13. The van der Waals surface area contributed by atoms with Crippen LogP contribution in [0.5, 0.6) is 5.75 Å². The number of methoxy groups -OCH3 is 1. The largest absolute Gasteiger partial charge is 0.497 e. The second-order valence-corrected chi connectivity index (χ2v) is 7.69. The first-order valence-corrected chi connectivity index (χ1v) is 8.71. The number of nitrogens with two attached hydrogens (primary N) is 1. The maximum Gasteiger partial charge on any atom is 0.263 e. The number of hydrogen-bond donors (Lipinski definition) is 2. The van der Waals surface area contributed by atoms with Gasteiger partial charge in [0, 0.05) is 22.4 Å². The van der Waals surface area contributed by atoms with E-state index in [0.29, 0.717) is 22.2 Å². The van der Waals surface area contributed by atoms with Gasteiger partial charge in [0.05, 0.1) is 17.8 Å². The minimum Gasteiger partial charge on any atom is -0.497 e. The van der Waals surface area contributed by atoms with Crippen molar-refractivity contribution in [1.29, 1.82) is 0 Å². The zero-order valence-corrected chi connectivity index (χ0v) is 13.9. The maximum atomic E-state index is 12.5. The van der Waals surface area contributed by atoms with Gasteiger partial charge in [-0.05, 0) is 25.1 Å². The average Bonchev–Trinajstić information content (AvgIpc) is 2.83. The van der Waals surface area contributed by atoms with Crippen molar-refractivity contribution in [2.45, 2.75) is 18.4 Å². The summed E-state index contributed by atoms with van der Waals surface area (Å²) in [6.45, 7) is 2.05. The van der Waals surface area contributed by atoms with Crippen LogP contribution in [0.2, 0.25) is 5.02 Å². The molecule has 8 heteroatoms. The first-order valence-electron chi connectivity index (χ1n) is 6.03. The van der Waals surface area contributed by atoms with E-state index in [2.05, 4.69) is 4.72 Å². The first kappa shape index (κ1) is 16.1. The lowest BCUT2D eigenvalue weighted by atomic mass is 10.3. The number of benzene rings is 1. The van der Waals surface area contributed by atoms with Gasteiger partial charge >= 0.3 is 0 Å². The van der Waals surface area contributed by atoms with E-state index in [1.54, 1.807) is 25.1 Å². The highest BCUT2D eigenvalue weighted by molar-refractivity contribution is 7.93. The molecule has 1 heterocycles. The quantitative estimate of drug-likeness (QED) is 0.872. The Morgan fingerprint density at radius 2 is 2.10 bits per heavy atom. The highest BCUT2D eigenvalue weighted by atomic mass is 35.5. The van der Waals surface area contributed by atoms with E-state index in [9.17, 15) is 8.42 Å². The normalized spacial score (nSPS) is 11.4. The van der Waals surface area contributed by atoms with Crippen molar-refractivity contribution in [2.24, 2.45) is 5.73 Å². The lowest BCUT2D eigenvalue weighted by molar-refractivity contribution is 0.415. The first-order chi connectivity index (χ1) is 9.87. The van der Waals surface area contributed by atoms with Gasteiger partial charge in [0.25, 0.3) is 10.0 Å². The number of rotatable bonds is 5. The van der Waals surface area contributed by atoms with Gasteiger partial charge in [-0.3, -0.25) is 4.72 Å². The van der Waals surface area contributed by atoms with Gasteiger partial charge in [-0.2, -0.15) is 0 Å². The number of halogens is 1. The van der Waals surface area contributed by atoms with Crippen molar-refractivity contribution >= 4 is 38.6 Å². The van der Waals surface area contributed by atoms with Gasteiger partial charge in [-0.15, -0.1) is 11.3 Å². The van der Waals surface area contributed by atoms with Crippen LogP contribution in [0.25, 0.3) is 0 Å². The predicted octanol–water partition coefficient (Wildman–Crippen LogP) is 2.98. The van der Waals surface area contributed by atoms with Crippen LogP contribution in [0.1, 0.15) is 9.75 Å². The summed E-state index contributed by atoms with van der Waals surface area (Å²) in [6.07, 6.45) is 0. The fraction of sp³-hybridized carbons (Fsp3) is 0.231. The fourth-order valence-electron chi connectivity index (χ4n) is 1.80. The topological polar surface area (TPSA) is 81.4 Å². The van der Waals surface area contributed by atoms with Gasteiger partial charge in [0.15, 0.2) is 0 Å². The molecule has 0 saturated carbocycles. The molecule has 0 amide bonds. The predicted molar refractivity (Wildman–Crippen MR) is 85.8 cm³/mol. The van der Waals surface area contributed by atoms with Gasteiger partial charge in [0.2, 0.25) is 0 Å². The molecule has 0 saturated heterocycles. The van der Waals surface area contributed by atoms with Crippen molar-refractivity contribution in [2.75, 3.05) is 11.8 Å². The van der Waals surface area contributed by atoms with Crippen LogP contribution in [0.3, 0.4) is 0 Å². The van der Waals surface area contributed by atoms with E-state index in [1.807, 2.05) is 0 Å². The third kappa shape index (κ3) is 3.49. The fourth-order valence-corrected chi connectivity index (χ4v) is 4.61. The van der Waals surface area contributed by atoms with E-state index >= 15 is 0 Å². The lowest BCUT2D eigenvalue weighted by Gasteiger charge is -2.10. The van der Waals surface area contributed by atoms with E-state index in [-0.39, 0.29) is 10.6 Å². The maximum absolute atomic E-state index is 12.5. The molecule has 0 aliphatic rings. The van der Waals surface area contributed by atoms with Gasteiger partial charge in [-0.1, -0.05) is 11.6 Å². The highest BCUT2D eigenvalue weighted by Crippen LogP contribution is 2.31. The molecule has 0 bridgehead atoms.